The van der Waals surface area contributed by atoms with Crippen LogP contribution in [0.1, 0.15) is 30.9 Å². The maximum Gasteiger partial charge on any atom is 0.234 e. The highest BCUT2D eigenvalue weighted by Gasteiger charge is 2.15. The predicted molar refractivity (Wildman–Crippen MR) is 110 cm³/mol. The molecule has 7 nitrogen and oxygen atoms in total. The summed E-state index contributed by atoms with van der Waals surface area (Å²) in [5.74, 6) is 1.20. The lowest BCUT2D eigenvalue weighted by Gasteiger charge is -2.16. The number of rotatable bonds is 7. The van der Waals surface area contributed by atoms with Crippen molar-refractivity contribution in [2.75, 3.05) is 18.2 Å². The largest absolute Gasteiger partial charge is 0.497 e. The molecule has 1 aromatic heterocycles. The molecule has 8 heteroatoms. The number of carbonyl (C=O) groups is 1. The molecule has 146 valence electrons. The van der Waals surface area contributed by atoms with Crippen molar-refractivity contribution in [3.63, 3.8) is 0 Å². The number of hydrogen-bond acceptors (Lipinski definition) is 6. The maximum absolute atomic E-state index is 12.5. The number of methoxy groups -OCH3 is 1. The molecule has 0 fully saturated rings. The lowest BCUT2D eigenvalue weighted by molar-refractivity contribution is -0.113. The van der Waals surface area contributed by atoms with Crippen LogP contribution in [0.5, 0.6) is 5.75 Å². The number of nitrogens with one attached hydrogen (secondary N) is 1. The van der Waals surface area contributed by atoms with Gasteiger partial charge in [0.1, 0.15) is 5.75 Å². The molecular formula is C20H23N5O2S. The van der Waals surface area contributed by atoms with Crippen molar-refractivity contribution >= 4 is 23.4 Å². The Hall–Kier alpha value is -2.87. The standard InChI is InChI=1S/C20H23N5O2S/c1-13(2)17-7-5-6-14(3)19(17)21-18(26)12-28-20-22-23-24-25(20)15-8-10-16(27-4)11-9-15/h5-11,13H,12H2,1-4H3,(H,21,26). The molecule has 0 atom stereocenters. The molecule has 1 heterocycles. The van der Waals surface area contributed by atoms with E-state index < -0.39 is 0 Å². The normalized spacial score (nSPS) is 10.9. The number of aromatic nitrogens is 4. The molecule has 3 rings (SSSR count). The minimum Gasteiger partial charge on any atom is -0.497 e. The van der Waals surface area contributed by atoms with Gasteiger partial charge in [0.05, 0.1) is 18.6 Å². The number of benzene rings is 2. The van der Waals surface area contributed by atoms with Gasteiger partial charge in [0.2, 0.25) is 11.1 Å². The van der Waals surface area contributed by atoms with Crippen LogP contribution in [-0.4, -0.2) is 39.0 Å². The first-order chi connectivity index (χ1) is 13.5. The van der Waals surface area contributed by atoms with Crippen molar-refractivity contribution in [2.45, 2.75) is 31.8 Å². The summed E-state index contributed by atoms with van der Waals surface area (Å²) in [5, 5.41) is 15.4. The first-order valence-electron chi connectivity index (χ1n) is 8.94. The second kappa shape index (κ2) is 8.88. The quantitative estimate of drug-likeness (QED) is 0.610. The molecule has 3 aromatic rings. The summed E-state index contributed by atoms with van der Waals surface area (Å²) in [7, 11) is 1.62. The highest BCUT2D eigenvalue weighted by Crippen LogP contribution is 2.28. The van der Waals surface area contributed by atoms with Crippen LogP contribution in [0, 0.1) is 6.92 Å². The Labute approximate surface area is 168 Å². The van der Waals surface area contributed by atoms with Crippen molar-refractivity contribution in [1.82, 2.24) is 20.2 Å². The van der Waals surface area contributed by atoms with Crippen LogP contribution in [0.25, 0.3) is 5.69 Å². The Morgan fingerprint density at radius 2 is 1.96 bits per heavy atom. The third-order valence-electron chi connectivity index (χ3n) is 4.28. The topological polar surface area (TPSA) is 81.9 Å². The molecule has 0 unspecified atom stereocenters. The summed E-state index contributed by atoms with van der Waals surface area (Å²) < 4.78 is 6.77. The number of amides is 1. The fourth-order valence-electron chi connectivity index (χ4n) is 2.80. The third kappa shape index (κ3) is 4.51. The van der Waals surface area contributed by atoms with Crippen LogP contribution in [0.2, 0.25) is 0 Å². The van der Waals surface area contributed by atoms with E-state index in [1.807, 2.05) is 49.4 Å². The summed E-state index contributed by atoms with van der Waals surface area (Å²) in [5.41, 5.74) is 3.86. The second-order valence-corrected chi connectivity index (χ2v) is 7.54. The van der Waals surface area contributed by atoms with E-state index in [1.165, 1.54) is 11.8 Å². The Bertz CT molecular complexity index is 953. The van der Waals surface area contributed by atoms with Gasteiger partial charge in [-0.3, -0.25) is 4.79 Å². The summed E-state index contributed by atoms with van der Waals surface area (Å²) in [4.78, 5) is 12.5. The minimum atomic E-state index is -0.0921. The number of para-hydroxylation sites is 1. The Balaban J connectivity index is 1.69. The van der Waals surface area contributed by atoms with Crippen LogP contribution in [0.15, 0.2) is 47.6 Å². The van der Waals surface area contributed by atoms with Gasteiger partial charge in [-0.25, -0.2) is 0 Å². The molecule has 1 amide bonds. The van der Waals surface area contributed by atoms with Gasteiger partial charge < -0.3 is 10.1 Å². The SMILES string of the molecule is COc1ccc(-n2nnnc2SCC(=O)Nc2c(C)cccc2C(C)C)cc1. The number of thioether (sulfide) groups is 1. The lowest BCUT2D eigenvalue weighted by Crippen LogP contribution is -2.17. The predicted octanol–water partition coefficient (Wildman–Crippen LogP) is 3.83. The zero-order valence-electron chi connectivity index (χ0n) is 16.3. The lowest BCUT2D eigenvalue weighted by atomic mass is 9.98. The first kappa shape index (κ1) is 19.9. The van der Waals surface area contributed by atoms with Crippen molar-refractivity contribution < 1.29 is 9.53 Å². The van der Waals surface area contributed by atoms with Gasteiger partial charge in [0, 0.05) is 5.69 Å². The van der Waals surface area contributed by atoms with E-state index in [0.717, 1.165) is 28.3 Å². The molecule has 0 saturated carbocycles. The van der Waals surface area contributed by atoms with Crippen molar-refractivity contribution in [1.29, 1.82) is 0 Å². The summed E-state index contributed by atoms with van der Waals surface area (Å²) in [6.07, 6.45) is 0. The van der Waals surface area contributed by atoms with Crippen molar-refractivity contribution in [3.05, 3.63) is 53.6 Å². The van der Waals surface area contributed by atoms with Crippen LogP contribution < -0.4 is 10.1 Å². The Morgan fingerprint density at radius 1 is 1.21 bits per heavy atom. The highest BCUT2D eigenvalue weighted by molar-refractivity contribution is 7.99. The molecule has 0 aliphatic heterocycles. The molecule has 2 aromatic carbocycles. The van der Waals surface area contributed by atoms with E-state index in [-0.39, 0.29) is 11.7 Å². The smallest absolute Gasteiger partial charge is 0.234 e. The van der Waals surface area contributed by atoms with E-state index >= 15 is 0 Å². The van der Waals surface area contributed by atoms with E-state index in [2.05, 4.69) is 34.7 Å². The molecule has 0 bridgehead atoms. The number of carbonyl (C=O) groups excluding carboxylic acids is 1. The van der Waals surface area contributed by atoms with E-state index in [9.17, 15) is 4.79 Å². The summed E-state index contributed by atoms with van der Waals surface area (Å²) in [6, 6.07) is 13.5. The van der Waals surface area contributed by atoms with E-state index in [1.54, 1.807) is 11.8 Å². The first-order valence-corrected chi connectivity index (χ1v) is 9.93. The fourth-order valence-corrected chi connectivity index (χ4v) is 3.49. The summed E-state index contributed by atoms with van der Waals surface area (Å²) >= 11 is 1.29. The van der Waals surface area contributed by atoms with Crippen molar-refractivity contribution in [3.8, 4) is 11.4 Å². The van der Waals surface area contributed by atoms with Crippen LogP contribution in [-0.2, 0) is 4.79 Å². The van der Waals surface area contributed by atoms with E-state index in [4.69, 9.17) is 4.74 Å². The monoisotopic (exact) mass is 397 g/mol. The Morgan fingerprint density at radius 3 is 2.64 bits per heavy atom. The number of ether oxygens (including phenoxy) is 1. The van der Waals surface area contributed by atoms with Gasteiger partial charge in [-0.05, 0) is 58.7 Å². The fraction of sp³-hybridized carbons (Fsp3) is 0.300. The molecule has 28 heavy (non-hydrogen) atoms. The molecule has 0 saturated heterocycles. The minimum absolute atomic E-state index is 0.0921. The van der Waals surface area contributed by atoms with Gasteiger partial charge in [-0.15, -0.1) is 5.10 Å². The van der Waals surface area contributed by atoms with Gasteiger partial charge >= 0.3 is 0 Å². The molecule has 0 aliphatic rings. The van der Waals surface area contributed by atoms with Gasteiger partial charge in [-0.2, -0.15) is 4.68 Å². The molecular weight excluding hydrogens is 374 g/mol. The van der Waals surface area contributed by atoms with Crippen LogP contribution >= 0.6 is 11.8 Å². The molecule has 0 aliphatic carbocycles. The zero-order chi connectivity index (χ0) is 20.1. The number of nitrogens with zero attached hydrogens (tertiary/aromatic N) is 4. The zero-order valence-corrected chi connectivity index (χ0v) is 17.2. The van der Waals surface area contributed by atoms with Crippen molar-refractivity contribution in [2.24, 2.45) is 0 Å². The number of aryl methyl sites for hydroxylation is 1. The maximum atomic E-state index is 12.5. The number of hydrogen-bond donors (Lipinski definition) is 1. The van der Waals surface area contributed by atoms with Crippen LogP contribution in [0.4, 0.5) is 5.69 Å². The third-order valence-corrected chi connectivity index (χ3v) is 5.20. The average Bonchev–Trinajstić information content (AvgIpc) is 3.16. The van der Waals surface area contributed by atoms with Gasteiger partial charge in [0.25, 0.3) is 0 Å². The highest BCUT2D eigenvalue weighted by atomic mass is 32.2. The van der Waals surface area contributed by atoms with Crippen LogP contribution in [0.3, 0.4) is 0 Å². The van der Waals surface area contributed by atoms with Gasteiger partial charge in [-0.1, -0.05) is 43.8 Å². The summed E-state index contributed by atoms with van der Waals surface area (Å²) in [6.45, 7) is 6.23. The molecule has 0 radical (unpaired) electrons. The average molecular weight is 398 g/mol. The molecule has 0 spiro atoms. The van der Waals surface area contributed by atoms with E-state index in [0.29, 0.717) is 11.1 Å². The van der Waals surface area contributed by atoms with Gasteiger partial charge in [0.15, 0.2) is 0 Å². The second-order valence-electron chi connectivity index (χ2n) is 6.60. The Kier molecular flexibility index (Phi) is 6.30. The number of anilines is 1. The number of tetrazole rings is 1. The molecule has 1 N–H and O–H groups in total.